The molecule has 0 aliphatic carbocycles. The van der Waals surface area contributed by atoms with Crippen molar-refractivity contribution in [2.24, 2.45) is 0 Å². The van der Waals surface area contributed by atoms with Crippen molar-refractivity contribution in [3.63, 3.8) is 0 Å². The molecule has 7 heteroatoms. The molecule has 0 spiro atoms. The number of nitrogens with zero attached hydrogens (tertiary/aromatic N) is 4. The monoisotopic (exact) mass is 396 g/mol. The van der Waals surface area contributed by atoms with Crippen LogP contribution in [0.2, 0.25) is 5.02 Å². The summed E-state index contributed by atoms with van der Waals surface area (Å²) in [7, 11) is 0. The number of amides is 1. The van der Waals surface area contributed by atoms with Gasteiger partial charge in [-0.3, -0.25) is 9.69 Å². The van der Waals surface area contributed by atoms with Crippen LogP contribution in [0.15, 0.2) is 53.1 Å². The summed E-state index contributed by atoms with van der Waals surface area (Å²) in [5, 5.41) is 4.54. The average Bonchev–Trinajstić information content (AvgIpc) is 3.16. The molecule has 6 nitrogen and oxygen atoms in total. The largest absolute Gasteiger partial charge is 0.336 e. The number of hydrogen-bond acceptors (Lipinski definition) is 5. The van der Waals surface area contributed by atoms with Gasteiger partial charge in [0.25, 0.3) is 11.8 Å². The Kier molecular flexibility index (Phi) is 5.41. The van der Waals surface area contributed by atoms with Gasteiger partial charge in [0.05, 0.1) is 0 Å². The first-order valence-electron chi connectivity index (χ1n) is 9.25. The number of aryl methyl sites for hydroxylation is 1. The van der Waals surface area contributed by atoms with Crippen molar-refractivity contribution in [2.75, 3.05) is 26.2 Å². The molecule has 4 rings (SSSR count). The Bertz CT molecular complexity index is 945. The minimum Gasteiger partial charge on any atom is -0.336 e. The molecule has 0 atom stereocenters. The smallest absolute Gasteiger partial charge is 0.257 e. The molecule has 0 unspecified atom stereocenters. The van der Waals surface area contributed by atoms with Crippen molar-refractivity contribution >= 4 is 17.5 Å². The third-order valence-electron chi connectivity index (χ3n) is 4.89. The summed E-state index contributed by atoms with van der Waals surface area (Å²) in [4.78, 5) is 21.3. The summed E-state index contributed by atoms with van der Waals surface area (Å²) in [5.41, 5.74) is 2.71. The van der Waals surface area contributed by atoms with Gasteiger partial charge in [0, 0.05) is 48.9 Å². The zero-order valence-corrected chi connectivity index (χ0v) is 16.4. The second-order valence-electron chi connectivity index (χ2n) is 6.92. The van der Waals surface area contributed by atoms with E-state index < -0.39 is 0 Å². The molecular formula is C21H21ClN4O2. The van der Waals surface area contributed by atoms with E-state index >= 15 is 0 Å². The number of hydrogen-bond donors (Lipinski definition) is 0. The van der Waals surface area contributed by atoms with Crippen LogP contribution in [0, 0.1) is 6.92 Å². The Morgan fingerprint density at radius 2 is 1.71 bits per heavy atom. The molecule has 1 amide bonds. The number of aromatic nitrogens is 2. The van der Waals surface area contributed by atoms with Crippen LogP contribution in [0.25, 0.3) is 11.5 Å². The lowest BCUT2D eigenvalue weighted by atomic mass is 10.1. The molecule has 3 aromatic rings. The highest BCUT2D eigenvalue weighted by Gasteiger charge is 2.22. The van der Waals surface area contributed by atoms with Gasteiger partial charge in [-0.15, -0.1) is 0 Å². The average molecular weight is 397 g/mol. The van der Waals surface area contributed by atoms with Gasteiger partial charge in [0.2, 0.25) is 0 Å². The molecule has 0 bridgehead atoms. The highest BCUT2D eigenvalue weighted by atomic mass is 35.5. The van der Waals surface area contributed by atoms with Gasteiger partial charge in [0.15, 0.2) is 5.82 Å². The van der Waals surface area contributed by atoms with Crippen LogP contribution in [0.4, 0.5) is 0 Å². The molecule has 0 N–H and O–H groups in total. The van der Waals surface area contributed by atoms with Crippen LogP contribution >= 0.6 is 11.6 Å². The summed E-state index contributed by atoms with van der Waals surface area (Å²) >= 11 is 5.94. The van der Waals surface area contributed by atoms with Crippen LogP contribution in [0.1, 0.15) is 21.7 Å². The predicted molar refractivity (Wildman–Crippen MR) is 107 cm³/mol. The lowest BCUT2D eigenvalue weighted by Gasteiger charge is -2.34. The van der Waals surface area contributed by atoms with Gasteiger partial charge in [-0.1, -0.05) is 28.9 Å². The number of halogens is 1. The van der Waals surface area contributed by atoms with E-state index in [2.05, 4.69) is 15.0 Å². The second kappa shape index (κ2) is 8.12. The van der Waals surface area contributed by atoms with Gasteiger partial charge in [0.1, 0.15) is 0 Å². The van der Waals surface area contributed by atoms with Gasteiger partial charge in [-0.25, -0.2) is 0 Å². The number of benzene rings is 2. The standard InChI is InChI=1S/C21H21ClN4O2/c1-15-23-20(28-24-15)17-4-6-18(7-5-17)21(27)26-12-10-25(11-13-26)14-16-2-8-19(22)9-3-16/h2-9H,10-14H2,1H3. The molecule has 2 aromatic carbocycles. The third-order valence-corrected chi connectivity index (χ3v) is 5.14. The maximum absolute atomic E-state index is 12.8. The summed E-state index contributed by atoms with van der Waals surface area (Å²) < 4.78 is 5.16. The fourth-order valence-electron chi connectivity index (χ4n) is 3.31. The van der Waals surface area contributed by atoms with E-state index in [0.717, 1.165) is 43.3 Å². The van der Waals surface area contributed by atoms with Gasteiger partial charge in [-0.05, 0) is 48.9 Å². The molecule has 0 saturated carbocycles. The molecule has 2 heterocycles. The van der Waals surface area contributed by atoms with E-state index in [4.69, 9.17) is 16.1 Å². The third kappa shape index (κ3) is 4.24. The van der Waals surface area contributed by atoms with Gasteiger partial charge >= 0.3 is 0 Å². The highest BCUT2D eigenvalue weighted by molar-refractivity contribution is 6.30. The number of carbonyl (C=O) groups excluding carboxylic acids is 1. The highest BCUT2D eigenvalue weighted by Crippen LogP contribution is 2.19. The molecule has 0 radical (unpaired) electrons. The molecule has 28 heavy (non-hydrogen) atoms. The Balaban J connectivity index is 1.34. The number of piperazine rings is 1. The first-order valence-corrected chi connectivity index (χ1v) is 9.63. The van der Waals surface area contributed by atoms with Crippen molar-refractivity contribution in [1.82, 2.24) is 19.9 Å². The SMILES string of the molecule is Cc1noc(-c2ccc(C(=O)N3CCN(Cc4ccc(Cl)cc4)CC3)cc2)n1. The number of carbonyl (C=O) groups is 1. The van der Waals surface area contributed by atoms with E-state index in [-0.39, 0.29) is 5.91 Å². The Labute approximate surface area is 168 Å². The van der Waals surface area contributed by atoms with E-state index in [1.54, 1.807) is 6.92 Å². The van der Waals surface area contributed by atoms with Crippen LogP contribution in [-0.2, 0) is 6.54 Å². The van der Waals surface area contributed by atoms with Crippen molar-refractivity contribution < 1.29 is 9.32 Å². The van der Waals surface area contributed by atoms with E-state index in [1.807, 2.05) is 53.4 Å². The summed E-state index contributed by atoms with van der Waals surface area (Å²) in [5.74, 6) is 1.11. The fraction of sp³-hybridized carbons (Fsp3) is 0.286. The quantitative estimate of drug-likeness (QED) is 0.673. The van der Waals surface area contributed by atoms with Crippen LogP contribution in [0.5, 0.6) is 0 Å². The van der Waals surface area contributed by atoms with E-state index in [1.165, 1.54) is 5.56 Å². The topological polar surface area (TPSA) is 62.5 Å². The van der Waals surface area contributed by atoms with Crippen molar-refractivity contribution in [1.29, 1.82) is 0 Å². The van der Waals surface area contributed by atoms with Gasteiger partial charge < -0.3 is 9.42 Å². The Hall–Kier alpha value is -2.70. The predicted octanol–water partition coefficient (Wildman–Crippen LogP) is 3.66. The first kappa shape index (κ1) is 18.7. The van der Waals surface area contributed by atoms with Crippen LogP contribution < -0.4 is 0 Å². The normalized spacial score (nSPS) is 15.0. The van der Waals surface area contributed by atoms with Crippen molar-refractivity contribution in [3.8, 4) is 11.5 Å². The summed E-state index contributed by atoms with van der Waals surface area (Å²) in [6, 6.07) is 15.2. The molecular weight excluding hydrogens is 376 g/mol. The molecule has 144 valence electrons. The molecule has 1 aliphatic rings. The zero-order valence-electron chi connectivity index (χ0n) is 15.6. The van der Waals surface area contributed by atoms with Crippen LogP contribution in [0.3, 0.4) is 0 Å². The molecule has 1 aliphatic heterocycles. The minimum atomic E-state index is 0.0550. The van der Waals surface area contributed by atoms with E-state index in [0.29, 0.717) is 17.3 Å². The van der Waals surface area contributed by atoms with Gasteiger partial charge in [-0.2, -0.15) is 4.98 Å². The minimum absolute atomic E-state index is 0.0550. The Morgan fingerprint density at radius 1 is 1.04 bits per heavy atom. The summed E-state index contributed by atoms with van der Waals surface area (Å²) in [6.07, 6.45) is 0. The van der Waals surface area contributed by atoms with Crippen molar-refractivity contribution in [3.05, 3.63) is 70.5 Å². The maximum atomic E-state index is 12.8. The van der Waals surface area contributed by atoms with E-state index in [9.17, 15) is 4.79 Å². The van der Waals surface area contributed by atoms with Crippen molar-refractivity contribution in [2.45, 2.75) is 13.5 Å². The first-order chi connectivity index (χ1) is 13.6. The molecule has 1 saturated heterocycles. The molecule has 1 fully saturated rings. The summed E-state index contributed by atoms with van der Waals surface area (Å²) in [6.45, 7) is 5.80. The molecule has 1 aromatic heterocycles. The fourth-order valence-corrected chi connectivity index (χ4v) is 3.44. The lowest BCUT2D eigenvalue weighted by Crippen LogP contribution is -2.48. The Morgan fingerprint density at radius 3 is 2.32 bits per heavy atom. The van der Waals surface area contributed by atoms with Crippen LogP contribution in [-0.4, -0.2) is 52.0 Å². The maximum Gasteiger partial charge on any atom is 0.257 e. The second-order valence-corrected chi connectivity index (χ2v) is 7.36. The number of rotatable bonds is 4. The lowest BCUT2D eigenvalue weighted by molar-refractivity contribution is 0.0628. The zero-order chi connectivity index (χ0) is 19.5.